The van der Waals surface area contributed by atoms with Crippen LogP contribution in [0.2, 0.25) is 0 Å². The monoisotopic (exact) mass is 213 g/mol. The van der Waals surface area contributed by atoms with Crippen molar-refractivity contribution in [2.75, 3.05) is 6.61 Å². The zero-order valence-electron chi connectivity index (χ0n) is 9.56. The van der Waals surface area contributed by atoms with Crippen molar-refractivity contribution < 1.29 is 9.26 Å². The van der Waals surface area contributed by atoms with Crippen LogP contribution in [-0.4, -0.2) is 16.7 Å². The lowest BCUT2D eigenvalue weighted by molar-refractivity contribution is 0.0981. The molecule has 0 aliphatic rings. The van der Waals surface area contributed by atoms with Crippen molar-refractivity contribution in [3.63, 3.8) is 0 Å². The van der Waals surface area contributed by atoms with Crippen molar-refractivity contribution in [2.24, 2.45) is 11.7 Å². The normalized spacial score (nSPS) is 13.4. The van der Waals surface area contributed by atoms with Crippen molar-refractivity contribution >= 4 is 0 Å². The van der Waals surface area contributed by atoms with E-state index in [4.69, 9.17) is 15.0 Å². The fourth-order valence-electron chi connectivity index (χ4n) is 1.06. The van der Waals surface area contributed by atoms with Gasteiger partial charge in [-0.05, 0) is 12.3 Å². The molecule has 0 fully saturated rings. The summed E-state index contributed by atoms with van der Waals surface area (Å²) in [6, 6.07) is -0.173. The summed E-state index contributed by atoms with van der Waals surface area (Å²) in [5, 5.41) is 3.82. The summed E-state index contributed by atoms with van der Waals surface area (Å²) in [7, 11) is 0. The molecule has 1 atom stereocenters. The van der Waals surface area contributed by atoms with Gasteiger partial charge in [-0.15, -0.1) is 0 Å². The third-order valence-electron chi connectivity index (χ3n) is 2.07. The Kier molecular flexibility index (Phi) is 4.71. The second-order valence-electron chi connectivity index (χ2n) is 3.87. The average molecular weight is 213 g/mol. The summed E-state index contributed by atoms with van der Waals surface area (Å²) in [6.07, 6.45) is 0.979. The van der Waals surface area contributed by atoms with Crippen LogP contribution in [0.15, 0.2) is 4.52 Å². The van der Waals surface area contributed by atoms with Gasteiger partial charge in [0.1, 0.15) is 6.61 Å². The van der Waals surface area contributed by atoms with Crippen LogP contribution in [-0.2, 0) is 11.3 Å². The molecule has 86 valence electrons. The molecule has 1 rings (SSSR count). The van der Waals surface area contributed by atoms with Crippen molar-refractivity contribution in [1.82, 2.24) is 10.1 Å². The minimum Gasteiger partial charge on any atom is -0.372 e. The number of hydrogen-bond donors (Lipinski definition) is 1. The molecule has 0 radical (unpaired) electrons. The van der Waals surface area contributed by atoms with Gasteiger partial charge in [0.15, 0.2) is 5.82 Å². The molecule has 0 saturated carbocycles. The summed E-state index contributed by atoms with van der Waals surface area (Å²) in [5.41, 5.74) is 5.88. The van der Waals surface area contributed by atoms with Gasteiger partial charge in [0.25, 0.3) is 5.89 Å². The zero-order valence-corrected chi connectivity index (χ0v) is 9.56. The molecule has 0 amide bonds. The van der Waals surface area contributed by atoms with E-state index in [0.717, 1.165) is 6.42 Å². The Balaban J connectivity index is 2.48. The van der Waals surface area contributed by atoms with Gasteiger partial charge in [0, 0.05) is 6.61 Å². The SMILES string of the molecule is CCCOCc1nc(C(N)C(C)C)no1. The third-order valence-corrected chi connectivity index (χ3v) is 2.07. The first-order chi connectivity index (χ1) is 7.15. The van der Waals surface area contributed by atoms with Gasteiger partial charge in [-0.2, -0.15) is 4.98 Å². The highest BCUT2D eigenvalue weighted by Crippen LogP contribution is 2.15. The van der Waals surface area contributed by atoms with Crippen LogP contribution in [0, 0.1) is 5.92 Å². The molecule has 1 aromatic rings. The van der Waals surface area contributed by atoms with Gasteiger partial charge < -0.3 is 15.0 Å². The Morgan fingerprint density at radius 3 is 2.80 bits per heavy atom. The lowest BCUT2D eigenvalue weighted by Crippen LogP contribution is -2.18. The van der Waals surface area contributed by atoms with Crippen LogP contribution in [0.4, 0.5) is 0 Å². The smallest absolute Gasteiger partial charge is 0.252 e. The average Bonchev–Trinajstić information content (AvgIpc) is 2.65. The number of nitrogens with zero attached hydrogens (tertiary/aromatic N) is 2. The molecule has 1 unspecified atom stereocenters. The van der Waals surface area contributed by atoms with Crippen molar-refractivity contribution in [2.45, 2.75) is 39.8 Å². The number of nitrogens with two attached hydrogens (primary N) is 1. The highest BCUT2D eigenvalue weighted by Gasteiger charge is 2.17. The second-order valence-corrected chi connectivity index (χ2v) is 3.87. The Hall–Kier alpha value is -0.940. The van der Waals surface area contributed by atoms with Gasteiger partial charge >= 0.3 is 0 Å². The van der Waals surface area contributed by atoms with Gasteiger partial charge in [-0.25, -0.2) is 0 Å². The van der Waals surface area contributed by atoms with E-state index in [1.54, 1.807) is 0 Å². The van der Waals surface area contributed by atoms with E-state index < -0.39 is 0 Å². The van der Waals surface area contributed by atoms with Crippen LogP contribution in [0.3, 0.4) is 0 Å². The van der Waals surface area contributed by atoms with Crippen molar-refractivity contribution in [1.29, 1.82) is 0 Å². The predicted octanol–water partition coefficient (Wildman–Crippen LogP) is 1.65. The summed E-state index contributed by atoms with van der Waals surface area (Å²) in [6.45, 7) is 7.16. The van der Waals surface area contributed by atoms with E-state index in [1.165, 1.54) is 0 Å². The Morgan fingerprint density at radius 2 is 2.20 bits per heavy atom. The van der Waals surface area contributed by atoms with E-state index in [9.17, 15) is 0 Å². The van der Waals surface area contributed by atoms with Crippen LogP contribution >= 0.6 is 0 Å². The third kappa shape index (κ3) is 3.60. The molecule has 15 heavy (non-hydrogen) atoms. The number of aromatic nitrogens is 2. The van der Waals surface area contributed by atoms with Crippen LogP contribution in [0.5, 0.6) is 0 Å². The maximum absolute atomic E-state index is 5.88. The van der Waals surface area contributed by atoms with E-state index in [1.807, 2.05) is 20.8 Å². The van der Waals surface area contributed by atoms with Crippen LogP contribution < -0.4 is 5.73 Å². The quantitative estimate of drug-likeness (QED) is 0.727. The van der Waals surface area contributed by atoms with Crippen LogP contribution in [0.1, 0.15) is 44.9 Å². The molecule has 0 bridgehead atoms. The number of ether oxygens (including phenoxy) is 1. The number of hydrogen-bond acceptors (Lipinski definition) is 5. The molecular formula is C10H19N3O2. The fraction of sp³-hybridized carbons (Fsp3) is 0.800. The van der Waals surface area contributed by atoms with E-state index in [0.29, 0.717) is 30.8 Å². The van der Waals surface area contributed by atoms with Crippen molar-refractivity contribution in [3.8, 4) is 0 Å². The van der Waals surface area contributed by atoms with E-state index in [2.05, 4.69) is 10.1 Å². The first kappa shape index (κ1) is 12.1. The fourth-order valence-corrected chi connectivity index (χ4v) is 1.06. The molecule has 0 aromatic carbocycles. The lowest BCUT2D eigenvalue weighted by Gasteiger charge is -2.09. The molecule has 2 N–H and O–H groups in total. The largest absolute Gasteiger partial charge is 0.372 e. The molecule has 5 nitrogen and oxygen atoms in total. The first-order valence-electron chi connectivity index (χ1n) is 5.31. The summed E-state index contributed by atoms with van der Waals surface area (Å²) < 4.78 is 10.3. The summed E-state index contributed by atoms with van der Waals surface area (Å²) in [5.74, 6) is 1.35. The summed E-state index contributed by atoms with van der Waals surface area (Å²) >= 11 is 0. The standard InChI is InChI=1S/C10H19N3O2/c1-4-5-14-6-8-12-10(13-15-8)9(11)7(2)3/h7,9H,4-6,11H2,1-3H3. The molecule has 1 heterocycles. The minimum atomic E-state index is -0.173. The molecule has 0 aliphatic carbocycles. The van der Waals surface area contributed by atoms with Crippen molar-refractivity contribution in [3.05, 3.63) is 11.7 Å². The predicted molar refractivity (Wildman–Crippen MR) is 56.0 cm³/mol. The first-order valence-corrected chi connectivity index (χ1v) is 5.31. The van der Waals surface area contributed by atoms with Gasteiger partial charge in [-0.3, -0.25) is 0 Å². The maximum atomic E-state index is 5.88. The molecule has 0 aliphatic heterocycles. The highest BCUT2D eigenvalue weighted by atomic mass is 16.5. The molecule has 1 aromatic heterocycles. The molecule has 0 spiro atoms. The second kappa shape index (κ2) is 5.82. The molecular weight excluding hydrogens is 194 g/mol. The molecule has 5 heteroatoms. The Labute approximate surface area is 90.0 Å². The minimum absolute atomic E-state index is 0.173. The lowest BCUT2D eigenvalue weighted by atomic mass is 10.1. The highest BCUT2D eigenvalue weighted by molar-refractivity contribution is 4.93. The maximum Gasteiger partial charge on any atom is 0.252 e. The zero-order chi connectivity index (χ0) is 11.3. The van der Waals surface area contributed by atoms with Crippen LogP contribution in [0.25, 0.3) is 0 Å². The topological polar surface area (TPSA) is 74.2 Å². The van der Waals surface area contributed by atoms with Gasteiger partial charge in [0.2, 0.25) is 0 Å². The number of rotatable bonds is 6. The summed E-state index contributed by atoms with van der Waals surface area (Å²) in [4.78, 5) is 4.18. The van der Waals surface area contributed by atoms with E-state index in [-0.39, 0.29) is 6.04 Å². The van der Waals surface area contributed by atoms with Gasteiger partial charge in [-0.1, -0.05) is 25.9 Å². The Bertz CT molecular complexity index is 286. The molecule has 0 saturated heterocycles. The Morgan fingerprint density at radius 1 is 1.47 bits per heavy atom. The van der Waals surface area contributed by atoms with Gasteiger partial charge in [0.05, 0.1) is 6.04 Å². The van der Waals surface area contributed by atoms with E-state index >= 15 is 0 Å².